The van der Waals surface area contributed by atoms with E-state index in [-0.39, 0.29) is 10.7 Å². The normalized spacial score (nSPS) is 10.7. The number of benzene rings is 1. The van der Waals surface area contributed by atoms with Crippen LogP contribution in [0.15, 0.2) is 18.2 Å². The Morgan fingerprint density at radius 3 is 2.72 bits per heavy atom. The molecule has 0 fully saturated rings. The fraction of sp³-hybridized carbons (Fsp3) is 0.167. The minimum atomic E-state index is -1.13. The molecule has 18 heavy (non-hydrogen) atoms. The Morgan fingerprint density at radius 2 is 2.17 bits per heavy atom. The lowest BCUT2D eigenvalue weighted by Gasteiger charge is -2.06. The van der Waals surface area contributed by atoms with Gasteiger partial charge in [-0.2, -0.15) is 0 Å². The maximum atomic E-state index is 13.1. The van der Waals surface area contributed by atoms with Gasteiger partial charge in [-0.25, -0.2) is 14.2 Å². The van der Waals surface area contributed by atoms with Crippen LogP contribution in [0.25, 0.3) is 11.3 Å². The van der Waals surface area contributed by atoms with Crippen LogP contribution >= 0.6 is 11.6 Å². The summed E-state index contributed by atoms with van der Waals surface area (Å²) in [6.07, 6.45) is 0. The van der Waals surface area contributed by atoms with E-state index in [9.17, 15) is 9.18 Å². The van der Waals surface area contributed by atoms with Gasteiger partial charge in [0.15, 0.2) is 5.69 Å². The summed E-state index contributed by atoms with van der Waals surface area (Å²) >= 11 is 5.70. The zero-order valence-electron chi connectivity index (χ0n) is 9.74. The Bertz CT molecular complexity index is 637. The van der Waals surface area contributed by atoms with Crippen molar-refractivity contribution in [3.63, 3.8) is 0 Å². The summed E-state index contributed by atoms with van der Waals surface area (Å²) in [7, 11) is 1.70. The van der Waals surface area contributed by atoms with Gasteiger partial charge in [0.1, 0.15) is 11.6 Å². The molecule has 0 aliphatic carbocycles. The van der Waals surface area contributed by atoms with Crippen molar-refractivity contribution in [2.24, 2.45) is 7.05 Å². The summed E-state index contributed by atoms with van der Waals surface area (Å²) in [5.74, 6) is -1.12. The van der Waals surface area contributed by atoms with Gasteiger partial charge in [-0.3, -0.25) is 0 Å². The number of halogens is 2. The largest absolute Gasteiger partial charge is 0.476 e. The summed E-state index contributed by atoms with van der Waals surface area (Å²) in [6.45, 7) is 1.70. The molecule has 0 radical (unpaired) electrons. The van der Waals surface area contributed by atoms with Crippen molar-refractivity contribution in [3.05, 3.63) is 40.6 Å². The Kier molecular flexibility index (Phi) is 3.09. The fourth-order valence-electron chi connectivity index (χ4n) is 1.73. The van der Waals surface area contributed by atoms with Gasteiger partial charge >= 0.3 is 5.97 Å². The lowest BCUT2D eigenvalue weighted by molar-refractivity contribution is 0.0692. The molecule has 1 heterocycles. The number of nitrogens with zero attached hydrogens (tertiary/aromatic N) is 2. The second kappa shape index (κ2) is 4.42. The molecule has 1 aromatic carbocycles. The molecule has 0 saturated carbocycles. The molecule has 0 bridgehead atoms. The Balaban J connectivity index is 2.69. The number of hydrogen-bond donors (Lipinski definition) is 1. The minimum absolute atomic E-state index is 0.0531. The lowest BCUT2D eigenvalue weighted by Crippen LogP contribution is -2.01. The van der Waals surface area contributed by atoms with Gasteiger partial charge in [-0.05, 0) is 25.1 Å². The van der Waals surface area contributed by atoms with Gasteiger partial charge in [0.25, 0.3) is 0 Å². The van der Waals surface area contributed by atoms with E-state index < -0.39 is 11.8 Å². The average molecular weight is 269 g/mol. The van der Waals surface area contributed by atoms with E-state index >= 15 is 0 Å². The van der Waals surface area contributed by atoms with E-state index in [1.807, 2.05) is 0 Å². The molecule has 2 rings (SSSR count). The van der Waals surface area contributed by atoms with E-state index in [4.69, 9.17) is 16.7 Å². The summed E-state index contributed by atoms with van der Waals surface area (Å²) in [6, 6.07) is 4.06. The molecule has 0 amide bonds. The van der Waals surface area contributed by atoms with E-state index in [0.29, 0.717) is 17.1 Å². The summed E-state index contributed by atoms with van der Waals surface area (Å²) in [4.78, 5) is 15.1. The highest BCUT2D eigenvalue weighted by atomic mass is 35.5. The average Bonchev–Trinajstić information content (AvgIpc) is 2.60. The van der Waals surface area contributed by atoms with Crippen molar-refractivity contribution >= 4 is 17.6 Å². The van der Waals surface area contributed by atoms with Gasteiger partial charge < -0.3 is 9.67 Å². The highest BCUT2D eigenvalue weighted by Gasteiger charge is 2.20. The van der Waals surface area contributed by atoms with Crippen LogP contribution in [0.3, 0.4) is 0 Å². The second-order valence-corrected chi connectivity index (χ2v) is 4.26. The number of imidazole rings is 1. The molecular weight excluding hydrogens is 259 g/mol. The van der Waals surface area contributed by atoms with Crippen LogP contribution < -0.4 is 0 Å². The third-order valence-corrected chi connectivity index (χ3v) is 3.00. The number of carboxylic acids is 1. The Hall–Kier alpha value is -1.88. The van der Waals surface area contributed by atoms with Crippen LogP contribution in [0.4, 0.5) is 4.39 Å². The maximum Gasteiger partial charge on any atom is 0.356 e. The maximum absolute atomic E-state index is 13.1. The Morgan fingerprint density at radius 1 is 1.50 bits per heavy atom. The van der Waals surface area contributed by atoms with Crippen molar-refractivity contribution < 1.29 is 14.3 Å². The van der Waals surface area contributed by atoms with Crippen LogP contribution in [-0.4, -0.2) is 20.6 Å². The Labute approximate surface area is 108 Å². The third-order valence-electron chi connectivity index (χ3n) is 2.71. The van der Waals surface area contributed by atoms with Crippen molar-refractivity contribution in [2.45, 2.75) is 6.92 Å². The van der Waals surface area contributed by atoms with Crippen LogP contribution in [0.1, 0.15) is 16.3 Å². The molecule has 6 heteroatoms. The highest BCUT2D eigenvalue weighted by molar-refractivity contribution is 6.31. The number of aromatic carboxylic acids is 1. The first-order valence-corrected chi connectivity index (χ1v) is 5.51. The van der Waals surface area contributed by atoms with Gasteiger partial charge in [0.05, 0.1) is 10.7 Å². The molecular formula is C12H10ClFN2O2. The first-order valence-electron chi connectivity index (χ1n) is 5.14. The summed E-state index contributed by atoms with van der Waals surface area (Å²) in [5.41, 5.74) is 0.849. The highest BCUT2D eigenvalue weighted by Crippen LogP contribution is 2.28. The zero-order valence-corrected chi connectivity index (χ0v) is 10.5. The molecule has 0 saturated heterocycles. The van der Waals surface area contributed by atoms with Crippen LogP contribution in [0, 0.1) is 12.7 Å². The van der Waals surface area contributed by atoms with Crippen LogP contribution in [0.2, 0.25) is 5.02 Å². The van der Waals surface area contributed by atoms with Crippen LogP contribution in [-0.2, 0) is 7.05 Å². The predicted molar refractivity (Wildman–Crippen MR) is 65.3 cm³/mol. The molecule has 0 spiro atoms. The number of rotatable bonds is 2. The number of aromatic nitrogens is 2. The predicted octanol–water partition coefficient (Wildman–Crippen LogP) is 2.89. The van der Waals surface area contributed by atoms with Gasteiger partial charge in [-0.15, -0.1) is 0 Å². The monoisotopic (exact) mass is 268 g/mol. The van der Waals surface area contributed by atoms with E-state index in [1.54, 1.807) is 18.5 Å². The van der Waals surface area contributed by atoms with E-state index in [1.165, 1.54) is 18.2 Å². The number of aryl methyl sites for hydroxylation is 1. The zero-order chi connectivity index (χ0) is 13.4. The molecule has 1 aromatic heterocycles. The third kappa shape index (κ3) is 1.97. The standard InChI is InChI=1S/C12H10ClFN2O2/c1-6-15-10(12(17)18)11(16(6)2)7-3-4-9(14)8(13)5-7/h3-5H,1-2H3,(H,17,18). The molecule has 2 aromatic rings. The van der Waals surface area contributed by atoms with Crippen molar-refractivity contribution in [1.29, 1.82) is 0 Å². The first-order chi connectivity index (χ1) is 8.41. The minimum Gasteiger partial charge on any atom is -0.476 e. The summed E-state index contributed by atoms with van der Waals surface area (Å²) < 4.78 is 14.7. The number of carboxylic acid groups (broad SMARTS) is 1. The smallest absolute Gasteiger partial charge is 0.356 e. The molecule has 0 atom stereocenters. The van der Waals surface area contributed by atoms with Gasteiger partial charge in [0, 0.05) is 12.6 Å². The van der Waals surface area contributed by atoms with Crippen molar-refractivity contribution in [3.8, 4) is 11.3 Å². The topological polar surface area (TPSA) is 55.1 Å². The number of carbonyl (C=O) groups is 1. The van der Waals surface area contributed by atoms with E-state index in [0.717, 1.165) is 0 Å². The lowest BCUT2D eigenvalue weighted by atomic mass is 10.1. The molecule has 4 nitrogen and oxygen atoms in total. The first kappa shape index (κ1) is 12.6. The molecule has 0 aliphatic heterocycles. The van der Waals surface area contributed by atoms with Crippen molar-refractivity contribution in [1.82, 2.24) is 9.55 Å². The fourth-order valence-corrected chi connectivity index (χ4v) is 1.91. The number of hydrogen-bond acceptors (Lipinski definition) is 2. The second-order valence-electron chi connectivity index (χ2n) is 3.85. The molecule has 94 valence electrons. The molecule has 0 unspecified atom stereocenters. The summed E-state index contributed by atoms with van der Waals surface area (Å²) in [5, 5.41) is 9.05. The molecule has 0 aliphatic rings. The molecule has 1 N–H and O–H groups in total. The van der Waals surface area contributed by atoms with Crippen molar-refractivity contribution in [2.75, 3.05) is 0 Å². The van der Waals surface area contributed by atoms with Gasteiger partial charge in [-0.1, -0.05) is 11.6 Å². The SMILES string of the molecule is Cc1nc(C(=O)O)c(-c2ccc(F)c(Cl)c2)n1C. The quantitative estimate of drug-likeness (QED) is 0.911. The van der Waals surface area contributed by atoms with Gasteiger partial charge in [0.2, 0.25) is 0 Å². The van der Waals surface area contributed by atoms with E-state index in [2.05, 4.69) is 4.98 Å². The van der Waals surface area contributed by atoms with Crippen LogP contribution in [0.5, 0.6) is 0 Å².